The van der Waals surface area contributed by atoms with Crippen molar-refractivity contribution in [2.75, 3.05) is 24.6 Å². The number of rotatable bonds is 5. The number of hydrogen-bond acceptors (Lipinski definition) is 3. The highest BCUT2D eigenvalue weighted by atomic mass is 32.2. The first kappa shape index (κ1) is 13.9. The molecule has 1 fully saturated rings. The number of nitriles is 1. The minimum Gasteiger partial charge on any atom is -0.299 e. The molecule has 1 saturated heterocycles. The van der Waals surface area contributed by atoms with E-state index in [0.717, 1.165) is 12.5 Å². The van der Waals surface area contributed by atoms with Gasteiger partial charge in [0.2, 0.25) is 0 Å². The monoisotopic (exact) mass is 240 g/mol. The number of hydrogen-bond donors (Lipinski definition) is 0. The van der Waals surface area contributed by atoms with Gasteiger partial charge in [0, 0.05) is 24.1 Å². The molecule has 92 valence electrons. The first-order valence-corrected chi connectivity index (χ1v) is 7.44. The molecular formula is C13H24N2S. The maximum absolute atomic E-state index is 8.92. The van der Waals surface area contributed by atoms with Crippen molar-refractivity contribution in [1.82, 2.24) is 4.90 Å². The van der Waals surface area contributed by atoms with Crippen LogP contribution in [0.3, 0.4) is 0 Å². The first-order valence-electron chi connectivity index (χ1n) is 6.28. The van der Waals surface area contributed by atoms with Gasteiger partial charge in [-0.2, -0.15) is 17.0 Å². The summed E-state index contributed by atoms with van der Waals surface area (Å²) in [5.41, 5.74) is -0.136. The van der Waals surface area contributed by atoms with Gasteiger partial charge < -0.3 is 0 Å². The molecule has 0 N–H and O–H groups in total. The van der Waals surface area contributed by atoms with Crippen LogP contribution in [0.25, 0.3) is 0 Å². The molecule has 1 rings (SSSR count). The van der Waals surface area contributed by atoms with Gasteiger partial charge >= 0.3 is 0 Å². The van der Waals surface area contributed by atoms with E-state index in [-0.39, 0.29) is 5.41 Å². The zero-order valence-electron chi connectivity index (χ0n) is 10.8. The van der Waals surface area contributed by atoms with Crippen LogP contribution >= 0.6 is 11.8 Å². The van der Waals surface area contributed by atoms with Gasteiger partial charge in [-0.05, 0) is 40.2 Å². The van der Waals surface area contributed by atoms with Crippen LogP contribution in [0.1, 0.15) is 40.0 Å². The third-order valence-electron chi connectivity index (χ3n) is 3.31. The minimum atomic E-state index is -0.136. The molecule has 0 aromatic heterocycles. The molecule has 0 amide bonds. The smallest absolute Gasteiger partial charge is 0.0683 e. The fourth-order valence-corrected chi connectivity index (χ4v) is 3.11. The zero-order valence-corrected chi connectivity index (χ0v) is 11.6. The van der Waals surface area contributed by atoms with Gasteiger partial charge in [-0.3, -0.25) is 4.90 Å². The molecule has 0 aromatic carbocycles. The molecule has 0 aliphatic carbocycles. The van der Waals surface area contributed by atoms with Crippen LogP contribution in [0.2, 0.25) is 0 Å². The van der Waals surface area contributed by atoms with E-state index in [1.807, 2.05) is 13.8 Å². The van der Waals surface area contributed by atoms with Gasteiger partial charge in [0.05, 0.1) is 11.5 Å². The van der Waals surface area contributed by atoms with Gasteiger partial charge in [-0.25, -0.2) is 0 Å². The topological polar surface area (TPSA) is 27.0 Å². The summed E-state index contributed by atoms with van der Waals surface area (Å²) < 4.78 is 0. The van der Waals surface area contributed by atoms with E-state index in [9.17, 15) is 0 Å². The number of unbranched alkanes of at least 4 members (excludes halogenated alkanes) is 1. The standard InChI is InChI=1S/C13H24N2S/c1-12-10-16-9-8-15(12)7-5-4-6-13(2,3)11-14/h12H,4-10H2,1-3H3. The largest absolute Gasteiger partial charge is 0.299 e. The predicted octanol–water partition coefficient (Wildman–Crippen LogP) is 3.14. The second-order valence-electron chi connectivity index (χ2n) is 5.41. The lowest BCUT2D eigenvalue weighted by molar-refractivity contribution is 0.224. The molecule has 0 spiro atoms. The molecule has 1 heterocycles. The lowest BCUT2D eigenvalue weighted by Gasteiger charge is -2.33. The third-order valence-corrected chi connectivity index (χ3v) is 4.49. The maximum atomic E-state index is 8.92. The van der Waals surface area contributed by atoms with Crippen LogP contribution in [-0.2, 0) is 0 Å². The molecule has 0 radical (unpaired) electrons. The zero-order chi connectivity index (χ0) is 12.0. The summed E-state index contributed by atoms with van der Waals surface area (Å²) in [5.74, 6) is 2.57. The van der Waals surface area contributed by atoms with E-state index in [1.54, 1.807) is 0 Å². The van der Waals surface area contributed by atoms with Crippen molar-refractivity contribution in [2.45, 2.75) is 46.1 Å². The maximum Gasteiger partial charge on any atom is 0.0683 e. The van der Waals surface area contributed by atoms with Gasteiger partial charge in [-0.1, -0.05) is 6.42 Å². The summed E-state index contributed by atoms with van der Waals surface area (Å²) in [7, 11) is 0. The molecule has 3 heteroatoms. The molecular weight excluding hydrogens is 216 g/mol. The summed E-state index contributed by atoms with van der Waals surface area (Å²) in [4.78, 5) is 2.59. The number of thioether (sulfide) groups is 1. The second kappa shape index (κ2) is 6.51. The summed E-state index contributed by atoms with van der Waals surface area (Å²) in [6.07, 6.45) is 3.44. The third kappa shape index (κ3) is 4.76. The van der Waals surface area contributed by atoms with Crippen molar-refractivity contribution in [1.29, 1.82) is 5.26 Å². The molecule has 2 nitrogen and oxygen atoms in total. The van der Waals surface area contributed by atoms with E-state index in [4.69, 9.17) is 5.26 Å². The van der Waals surface area contributed by atoms with Crippen LogP contribution in [-0.4, -0.2) is 35.5 Å². The molecule has 1 aliphatic rings. The van der Waals surface area contributed by atoms with Crippen LogP contribution in [0.4, 0.5) is 0 Å². The van der Waals surface area contributed by atoms with E-state index in [1.165, 1.54) is 37.4 Å². The predicted molar refractivity (Wildman–Crippen MR) is 71.6 cm³/mol. The van der Waals surface area contributed by atoms with Crippen molar-refractivity contribution in [3.63, 3.8) is 0 Å². The summed E-state index contributed by atoms with van der Waals surface area (Å²) >= 11 is 2.07. The molecule has 16 heavy (non-hydrogen) atoms. The molecule has 1 unspecified atom stereocenters. The van der Waals surface area contributed by atoms with Crippen LogP contribution in [0, 0.1) is 16.7 Å². The Balaban J connectivity index is 2.13. The second-order valence-corrected chi connectivity index (χ2v) is 6.56. The Morgan fingerprint density at radius 3 is 2.81 bits per heavy atom. The van der Waals surface area contributed by atoms with E-state index < -0.39 is 0 Å². The van der Waals surface area contributed by atoms with Crippen LogP contribution in [0.15, 0.2) is 0 Å². The van der Waals surface area contributed by atoms with E-state index in [2.05, 4.69) is 29.7 Å². The molecule has 0 bridgehead atoms. The van der Waals surface area contributed by atoms with Gasteiger partial charge in [-0.15, -0.1) is 0 Å². The van der Waals surface area contributed by atoms with Crippen LogP contribution < -0.4 is 0 Å². The average Bonchev–Trinajstić information content (AvgIpc) is 2.27. The fraction of sp³-hybridized carbons (Fsp3) is 0.923. The molecule has 1 aliphatic heterocycles. The lowest BCUT2D eigenvalue weighted by Crippen LogP contribution is -2.40. The Morgan fingerprint density at radius 1 is 1.44 bits per heavy atom. The van der Waals surface area contributed by atoms with Gasteiger partial charge in [0.15, 0.2) is 0 Å². The normalized spacial score (nSPS) is 23.0. The SMILES string of the molecule is CC1CSCCN1CCCCC(C)(C)C#N. The Morgan fingerprint density at radius 2 is 2.19 bits per heavy atom. The summed E-state index contributed by atoms with van der Waals surface area (Å²) in [6.45, 7) is 8.85. The molecule has 1 atom stereocenters. The minimum absolute atomic E-state index is 0.136. The quantitative estimate of drug-likeness (QED) is 0.691. The molecule has 0 saturated carbocycles. The van der Waals surface area contributed by atoms with E-state index in [0.29, 0.717) is 0 Å². The average molecular weight is 240 g/mol. The Labute approximate surface area is 104 Å². The summed E-state index contributed by atoms with van der Waals surface area (Å²) in [6, 6.07) is 3.11. The Hall–Kier alpha value is -0.200. The highest BCUT2D eigenvalue weighted by molar-refractivity contribution is 7.99. The Bertz CT molecular complexity index is 245. The highest BCUT2D eigenvalue weighted by Gasteiger charge is 2.19. The first-order chi connectivity index (χ1) is 7.55. The fourth-order valence-electron chi connectivity index (χ4n) is 2.03. The van der Waals surface area contributed by atoms with Gasteiger partial charge in [0.25, 0.3) is 0 Å². The highest BCUT2D eigenvalue weighted by Crippen LogP contribution is 2.22. The lowest BCUT2D eigenvalue weighted by atomic mass is 9.89. The number of nitrogens with zero attached hydrogens (tertiary/aromatic N) is 2. The van der Waals surface area contributed by atoms with Crippen molar-refractivity contribution in [2.24, 2.45) is 5.41 Å². The summed E-state index contributed by atoms with van der Waals surface area (Å²) in [5, 5.41) is 8.92. The molecule has 0 aromatic rings. The van der Waals surface area contributed by atoms with Crippen molar-refractivity contribution < 1.29 is 0 Å². The Kier molecular flexibility index (Phi) is 5.64. The van der Waals surface area contributed by atoms with E-state index >= 15 is 0 Å². The van der Waals surface area contributed by atoms with Crippen LogP contribution in [0.5, 0.6) is 0 Å². The van der Waals surface area contributed by atoms with Gasteiger partial charge in [0.1, 0.15) is 0 Å². The van der Waals surface area contributed by atoms with Crippen molar-refractivity contribution in [3.8, 4) is 6.07 Å². The van der Waals surface area contributed by atoms with Crippen molar-refractivity contribution >= 4 is 11.8 Å². The van der Waals surface area contributed by atoms with Crippen molar-refractivity contribution in [3.05, 3.63) is 0 Å².